The number of halogens is 5. The van der Waals surface area contributed by atoms with Crippen LogP contribution in [0.5, 0.6) is 0 Å². The Morgan fingerprint density at radius 2 is 2.08 bits per heavy atom. The first-order valence-electron chi connectivity index (χ1n) is 12.0. The number of anilines is 3. The van der Waals surface area contributed by atoms with Crippen LogP contribution in [0.2, 0.25) is 5.02 Å². The number of carbonyl (C=O) groups is 1. The molecule has 0 bridgehead atoms. The summed E-state index contributed by atoms with van der Waals surface area (Å²) < 4.78 is 58.9. The first-order chi connectivity index (χ1) is 17.5. The maximum atomic E-state index is 14.4. The van der Waals surface area contributed by atoms with E-state index in [1.165, 1.54) is 12.4 Å². The van der Waals surface area contributed by atoms with Crippen LogP contribution in [0.1, 0.15) is 44.6 Å². The molecular formula is C24H30ClF4N5O3. The molecule has 13 heteroatoms. The number of piperidine rings is 1. The quantitative estimate of drug-likeness (QED) is 0.224. The lowest BCUT2D eigenvalue weighted by Crippen LogP contribution is -2.44. The highest BCUT2D eigenvalue weighted by molar-refractivity contribution is 6.31. The third kappa shape index (κ3) is 7.81. The lowest BCUT2D eigenvalue weighted by molar-refractivity contribution is -0.144. The number of esters is 1. The van der Waals surface area contributed by atoms with Gasteiger partial charge in [-0.3, -0.25) is 0 Å². The molecule has 3 atom stereocenters. The summed E-state index contributed by atoms with van der Waals surface area (Å²) in [5, 5.41) is 13.2. The van der Waals surface area contributed by atoms with Crippen molar-refractivity contribution in [3.63, 3.8) is 0 Å². The number of nitrogens with two attached hydrogens (primary N) is 1. The molecule has 8 nitrogen and oxygen atoms in total. The summed E-state index contributed by atoms with van der Waals surface area (Å²) in [6.07, 6.45) is -1.53. The molecule has 0 saturated carbocycles. The van der Waals surface area contributed by atoms with Crippen LogP contribution in [-0.4, -0.2) is 52.9 Å². The molecule has 1 fully saturated rings. The van der Waals surface area contributed by atoms with Gasteiger partial charge < -0.3 is 25.8 Å². The number of hydrogen-bond donors (Lipinski definition) is 3. The topological polar surface area (TPSA) is 114 Å². The number of nitrogen functional groups attached to an aromatic ring is 1. The molecule has 4 N–H and O–H groups in total. The maximum Gasteiger partial charge on any atom is 0.416 e. The molecule has 37 heavy (non-hydrogen) atoms. The fourth-order valence-corrected chi connectivity index (χ4v) is 4.61. The third-order valence-corrected chi connectivity index (χ3v) is 6.46. The van der Waals surface area contributed by atoms with Crippen molar-refractivity contribution in [2.75, 3.05) is 35.6 Å². The summed E-state index contributed by atoms with van der Waals surface area (Å²) in [6.45, 7) is 2.55. The Labute approximate surface area is 217 Å². The van der Waals surface area contributed by atoms with E-state index in [1.807, 2.05) is 0 Å². The fraction of sp³-hybridized carbons (Fsp3) is 0.542. The van der Waals surface area contributed by atoms with E-state index in [1.54, 1.807) is 11.8 Å². The molecule has 3 rings (SSSR count). The van der Waals surface area contributed by atoms with E-state index < -0.39 is 35.7 Å². The van der Waals surface area contributed by atoms with E-state index in [-0.39, 0.29) is 41.3 Å². The zero-order chi connectivity index (χ0) is 27.2. The number of alkyl halides is 3. The largest absolute Gasteiger partial charge is 0.464 e. The van der Waals surface area contributed by atoms with Gasteiger partial charge in [0.05, 0.1) is 18.3 Å². The molecule has 1 saturated heterocycles. The molecule has 0 radical (unpaired) electrons. The minimum Gasteiger partial charge on any atom is -0.464 e. The molecule has 0 unspecified atom stereocenters. The zero-order valence-electron chi connectivity index (χ0n) is 20.3. The van der Waals surface area contributed by atoms with Crippen molar-refractivity contribution < 1.29 is 32.2 Å². The van der Waals surface area contributed by atoms with E-state index in [2.05, 4.69) is 15.3 Å². The third-order valence-electron chi connectivity index (χ3n) is 6.25. The minimum atomic E-state index is -4.59. The van der Waals surface area contributed by atoms with Gasteiger partial charge in [0.2, 0.25) is 5.82 Å². The highest BCUT2D eigenvalue weighted by Crippen LogP contribution is 2.34. The number of benzene rings is 1. The van der Waals surface area contributed by atoms with Crippen molar-refractivity contribution in [3.05, 3.63) is 40.9 Å². The summed E-state index contributed by atoms with van der Waals surface area (Å²) in [5.41, 5.74) is 4.68. The molecule has 2 heterocycles. The van der Waals surface area contributed by atoms with E-state index in [0.29, 0.717) is 38.8 Å². The minimum absolute atomic E-state index is 0.0578. The lowest BCUT2D eigenvalue weighted by atomic mass is 9.89. The van der Waals surface area contributed by atoms with Crippen LogP contribution in [-0.2, 0) is 15.7 Å². The van der Waals surface area contributed by atoms with E-state index >= 15 is 0 Å². The second kappa shape index (κ2) is 12.6. The molecular weight excluding hydrogens is 518 g/mol. The summed E-state index contributed by atoms with van der Waals surface area (Å²) in [6, 6.07) is 2.14. The summed E-state index contributed by atoms with van der Waals surface area (Å²) in [7, 11) is 0. The number of aliphatic hydroxyl groups is 1. The van der Waals surface area contributed by atoms with Crippen molar-refractivity contribution in [1.82, 2.24) is 9.97 Å². The number of rotatable bonds is 10. The van der Waals surface area contributed by atoms with Gasteiger partial charge >= 0.3 is 12.1 Å². The van der Waals surface area contributed by atoms with Crippen LogP contribution < -0.4 is 16.0 Å². The van der Waals surface area contributed by atoms with Crippen LogP contribution in [0.4, 0.5) is 34.9 Å². The zero-order valence-corrected chi connectivity index (χ0v) is 21.0. The number of hydrogen-bond acceptors (Lipinski definition) is 8. The van der Waals surface area contributed by atoms with Crippen LogP contribution in [0.25, 0.3) is 0 Å². The number of unbranched alkanes of at least 4 members (excludes halogenated alkanes) is 1. The summed E-state index contributed by atoms with van der Waals surface area (Å²) in [5.74, 6) is -1.60. The SMILES string of the molecule is CCOC(=O)[C@@H](CCCC[C@H]1CN(c2ncnc(N)c2F)CC[C@@H]1O)Nc1cc(Cl)cc(C(F)(F)F)c1. The molecule has 0 aliphatic carbocycles. The predicted octanol–water partition coefficient (Wildman–Crippen LogP) is 4.66. The number of aromatic nitrogens is 2. The van der Waals surface area contributed by atoms with Crippen molar-refractivity contribution >= 4 is 34.9 Å². The van der Waals surface area contributed by atoms with Crippen LogP contribution in [0.3, 0.4) is 0 Å². The highest BCUT2D eigenvalue weighted by Gasteiger charge is 2.32. The number of nitrogens with zero attached hydrogens (tertiary/aromatic N) is 3. The Kier molecular flexibility index (Phi) is 9.77. The molecule has 2 aromatic rings. The number of carbonyl (C=O) groups excluding carboxylic acids is 1. The van der Waals surface area contributed by atoms with Crippen LogP contribution in [0, 0.1) is 11.7 Å². The number of aliphatic hydroxyl groups excluding tert-OH is 1. The Balaban J connectivity index is 1.60. The van der Waals surface area contributed by atoms with Gasteiger partial charge in [0.1, 0.15) is 12.4 Å². The van der Waals surface area contributed by atoms with Crippen molar-refractivity contribution in [3.8, 4) is 0 Å². The van der Waals surface area contributed by atoms with Crippen molar-refractivity contribution in [2.24, 2.45) is 5.92 Å². The Bertz CT molecular complexity index is 1080. The standard InChI is InChI=1S/C24H30ClF4N5O3/c1-2-37-23(36)18(33-17-10-15(24(27,28)29)9-16(25)11-17)6-4-3-5-14-12-34(8-7-19(14)35)22-20(26)21(30)31-13-32-22/h9-11,13-14,18-19,33,35H,2-8,12H2,1H3,(H2,30,31,32)/t14-,18+,19-/m0/s1. The van der Waals surface area contributed by atoms with Gasteiger partial charge in [-0.05, 0) is 44.4 Å². The van der Waals surface area contributed by atoms with Crippen molar-refractivity contribution in [1.29, 1.82) is 0 Å². The molecule has 0 amide bonds. The van der Waals surface area contributed by atoms with Crippen LogP contribution in [0.15, 0.2) is 24.5 Å². The number of ether oxygens (including phenoxy) is 1. The average molecular weight is 548 g/mol. The van der Waals surface area contributed by atoms with Gasteiger partial charge in [-0.2, -0.15) is 17.6 Å². The van der Waals surface area contributed by atoms with E-state index in [9.17, 15) is 27.5 Å². The van der Waals surface area contributed by atoms with Gasteiger partial charge in [-0.25, -0.2) is 14.8 Å². The first-order valence-corrected chi connectivity index (χ1v) is 12.4. The lowest BCUT2D eigenvalue weighted by Gasteiger charge is -2.37. The maximum absolute atomic E-state index is 14.4. The Hall–Kier alpha value is -2.86. The normalized spacial score (nSPS) is 18.9. The molecule has 1 aliphatic heterocycles. The van der Waals surface area contributed by atoms with E-state index in [4.69, 9.17) is 22.1 Å². The average Bonchev–Trinajstić information content (AvgIpc) is 2.83. The second-order valence-corrected chi connectivity index (χ2v) is 9.35. The van der Waals surface area contributed by atoms with Crippen molar-refractivity contribution in [2.45, 2.75) is 57.3 Å². The van der Waals surface area contributed by atoms with Gasteiger partial charge in [0, 0.05) is 29.7 Å². The monoisotopic (exact) mass is 547 g/mol. The highest BCUT2D eigenvalue weighted by atomic mass is 35.5. The molecule has 1 aromatic carbocycles. The van der Waals surface area contributed by atoms with Gasteiger partial charge in [0.25, 0.3) is 0 Å². The summed E-state index contributed by atoms with van der Waals surface area (Å²) in [4.78, 5) is 21.8. The van der Waals surface area contributed by atoms with Gasteiger partial charge in [0.15, 0.2) is 11.6 Å². The van der Waals surface area contributed by atoms with Crippen LogP contribution >= 0.6 is 11.6 Å². The molecule has 1 aliphatic rings. The molecule has 204 valence electrons. The fourth-order valence-electron chi connectivity index (χ4n) is 4.37. The summed E-state index contributed by atoms with van der Waals surface area (Å²) >= 11 is 5.86. The smallest absolute Gasteiger partial charge is 0.416 e. The van der Waals surface area contributed by atoms with Gasteiger partial charge in [-0.15, -0.1) is 0 Å². The Morgan fingerprint density at radius 3 is 2.78 bits per heavy atom. The Morgan fingerprint density at radius 1 is 1.32 bits per heavy atom. The molecule has 0 spiro atoms. The van der Waals surface area contributed by atoms with E-state index in [0.717, 1.165) is 12.1 Å². The second-order valence-electron chi connectivity index (χ2n) is 8.92. The van der Waals surface area contributed by atoms with Gasteiger partial charge in [-0.1, -0.05) is 24.4 Å². The number of nitrogens with one attached hydrogen (secondary N) is 1. The first kappa shape index (κ1) is 28.7. The molecule has 1 aromatic heterocycles. The predicted molar refractivity (Wildman–Crippen MR) is 132 cm³/mol.